The van der Waals surface area contributed by atoms with E-state index in [1.54, 1.807) is 6.92 Å². The van der Waals surface area contributed by atoms with Crippen LogP contribution >= 0.6 is 11.8 Å². The Balaban J connectivity index is 1.82. The number of hydrogen-bond donors (Lipinski definition) is 1. The van der Waals surface area contributed by atoms with Gasteiger partial charge in [0.15, 0.2) is 5.16 Å². The number of aromatic nitrogens is 2. The van der Waals surface area contributed by atoms with E-state index in [9.17, 15) is 4.79 Å². The first-order chi connectivity index (χ1) is 16.3. The van der Waals surface area contributed by atoms with E-state index >= 15 is 0 Å². The summed E-state index contributed by atoms with van der Waals surface area (Å²) in [6, 6.07) is 0. The normalized spacial score (nSPS) is 15.9. The van der Waals surface area contributed by atoms with Gasteiger partial charge in [-0.3, -0.25) is 4.79 Å². The van der Waals surface area contributed by atoms with Gasteiger partial charge in [0.05, 0.1) is 5.69 Å². The van der Waals surface area contributed by atoms with Gasteiger partial charge in [-0.25, -0.2) is 4.98 Å². The van der Waals surface area contributed by atoms with Crippen LogP contribution in [0.5, 0.6) is 0 Å². The van der Waals surface area contributed by atoms with Crippen molar-refractivity contribution in [3.63, 3.8) is 0 Å². The van der Waals surface area contributed by atoms with Gasteiger partial charge in [-0.05, 0) is 43.9 Å². The van der Waals surface area contributed by atoms with Crippen LogP contribution in [0.4, 0.5) is 0 Å². The Morgan fingerprint density at radius 3 is 2.24 bits per heavy atom. The molecule has 1 aliphatic rings. The third-order valence-electron chi connectivity index (χ3n) is 7.61. The molecule has 196 valence electrons. The third-order valence-corrected chi connectivity index (χ3v) is 8.57. The number of thioether (sulfide) groups is 1. The lowest BCUT2D eigenvalue weighted by molar-refractivity contribution is -0.137. The smallest absolute Gasteiger partial charge is 0.219 e. The quantitative estimate of drug-likeness (QED) is 0.185. The fourth-order valence-corrected chi connectivity index (χ4v) is 6.58. The Hall–Kier alpha value is -0.970. The summed E-state index contributed by atoms with van der Waals surface area (Å²) in [5.74, 6) is 2.32. The molecule has 1 aromatic heterocycles. The largest absolute Gasteiger partial charge is 0.337 e. The van der Waals surface area contributed by atoms with E-state index < -0.39 is 0 Å². The number of nitrogens with zero attached hydrogens (tertiary/aromatic N) is 2. The second-order valence-electron chi connectivity index (χ2n) is 11.2. The number of H-pyrrole nitrogens is 1. The highest BCUT2D eigenvalue weighted by Crippen LogP contribution is 2.38. The maximum atomic E-state index is 12.7. The summed E-state index contributed by atoms with van der Waals surface area (Å²) < 4.78 is 0. The first-order valence-electron chi connectivity index (χ1n) is 14.3. The first kappa shape index (κ1) is 29.3. The van der Waals surface area contributed by atoms with Crippen molar-refractivity contribution in [2.75, 3.05) is 12.3 Å². The number of nitrogens with one attached hydrogen (secondary N) is 1. The average Bonchev–Trinajstić information content (AvgIpc) is 3.24. The van der Waals surface area contributed by atoms with Gasteiger partial charge in [0.2, 0.25) is 5.91 Å². The van der Waals surface area contributed by atoms with Gasteiger partial charge < -0.3 is 9.88 Å². The molecule has 0 unspecified atom stereocenters. The van der Waals surface area contributed by atoms with Gasteiger partial charge in [0, 0.05) is 30.5 Å². The maximum absolute atomic E-state index is 12.7. The van der Waals surface area contributed by atoms with Crippen LogP contribution in [0.2, 0.25) is 0 Å². The molecule has 1 fully saturated rings. The van der Waals surface area contributed by atoms with E-state index in [0.29, 0.717) is 17.7 Å². The lowest BCUT2D eigenvalue weighted by Gasteiger charge is -2.47. The first-order valence-corrected chi connectivity index (χ1v) is 15.3. The number of hydrogen-bond acceptors (Lipinski definition) is 3. The average molecular weight is 492 g/mol. The van der Waals surface area contributed by atoms with Gasteiger partial charge in [0.25, 0.3) is 0 Å². The van der Waals surface area contributed by atoms with Crippen molar-refractivity contribution >= 4 is 17.7 Å². The fourth-order valence-electron chi connectivity index (χ4n) is 5.69. The van der Waals surface area contributed by atoms with Gasteiger partial charge in [-0.2, -0.15) is 0 Å². The molecule has 0 bridgehead atoms. The Bertz CT molecular complexity index is 681. The number of rotatable bonds is 16. The minimum atomic E-state index is 0.139. The number of amides is 1. The standard InChI is InChI=1S/C29H53N3OS/c1-7-8-9-10-13-18-29(19-14-11-15-20-29)32(25(6)33)21-16-12-17-22-34-28-30-26(23(2)3)27(31-28)24(4)5/h23-24H,7-22H2,1-6H3,(H,30,31). The molecule has 0 aliphatic heterocycles. The molecule has 34 heavy (non-hydrogen) atoms. The van der Waals surface area contributed by atoms with Crippen molar-refractivity contribution < 1.29 is 4.79 Å². The van der Waals surface area contributed by atoms with Crippen molar-refractivity contribution in [1.29, 1.82) is 0 Å². The SMILES string of the molecule is CCCCCCCC1(N(CCCCCSc2nc(C(C)C)c(C(C)C)[nH]2)C(C)=O)CCCCC1. The molecule has 0 saturated heterocycles. The molecule has 4 nitrogen and oxygen atoms in total. The minimum absolute atomic E-state index is 0.139. The zero-order valence-corrected chi connectivity index (χ0v) is 24.0. The minimum Gasteiger partial charge on any atom is -0.337 e. The topological polar surface area (TPSA) is 49.0 Å². The lowest BCUT2D eigenvalue weighted by atomic mass is 9.76. The third kappa shape index (κ3) is 8.91. The molecule has 1 amide bonds. The number of imidazole rings is 1. The maximum Gasteiger partial charge on any atom is 0.219 e. The van der Waals surface area contributed by atoms with Gasteiger partial charge in [0.1, 0.15) is 0 Å². The Morgan fingerprint density at radius 2 is 1.65 bits per heavy atom. The highest BCUT2D eigenvalue weighted by molar-refractivity contribution is 7.99. The van der Waals surface area contributed by atoms with Crippen LogP contribution in [0.3, 0.4) is 0 Å². The molecular weight excluding hydrogens is 438 g/mol. The molecule has 5 heteroatoms. The summed E-state index contributed by atoms with van der Waals surface area (Å²) in [6.07, 6.45) is 17.6. The lowest BCUT2D eigenvalue weighted by Crippen LogP contribution is -2.52. The van der Waals surface area contributed by atoms with Crippen LogP contribution < -0.4 is 0 Å². The summed E-state index contributed by atoms with van der Waals surface area (Å²) in [6.45, 7) is 13.9. The zero-order valence-electron chi connectivity index (χ0n) is 23.2. The highest BCUT2D eigenvalue weighted by atomic mass is 32.2. The molecule has 0 atom stereocenters. The van der Waals surface area contributed by atoms with Gasteiger partial charge in [-0.15, -0.1) is 0 Å². The number of aromatic amines is 1. The monoisotopic (exact) mass is 491 g/mol. The number of carbonyl (C=O) groups is 1. The van der Waals surface area contributed by atoms with E-state index in [1.165, 1.54) is 94.9 Å². The molecule has 1 saturated carbocycles. The zero-order chi connectivity index (χ0) is 25.0. The molecule has 0 spiro atoms. The van der Waals surface area contributed by atoms with E-state index in [-0.39, 0.29) is 5.54 Å². The predicted molar refractivity (Wildman–Crippen MR) is 148 cm³/mol. The molecule has 2 rings (SSSR count). The van der Waals surface area contributed by atoms with Crippen molar-refractivity contribution in [3.8, 4) is 0 Å². The predicted octanol–water partition coefficient (Wildman–Crippen LogP) is 8.83. The Morgan fingerprint density at radius 1 is 0.971 bits per heavy atom. The molecule has 0 aromatic carbocycles. The van der Waals surface area contributed by atoms with Crippen LogP contribution in [0, 0.1) is 0 Å². The summed E-state index contributed by atoms with van der Waals surface area (Å²) >= 11 is 1.85. The van der Waals surface area contributed by atoms with Crippen LogP contribution in [-0.4, -0.2) is 38.6 Å². The van der Waals surface area contributed by atoms with E-state index in [1.807, 2.05) is 11.8 Å². The van der Waals surface area contributed by atoms with Crippen LogP contribution in [0.25, 0.3) is 0 Å². The second kappa shape index (κ2) is 15.2. The summed E-state index contributed by atoms with van der Waals surface area (Å²) in [4.78, 5) is 23.5. The van der Waals surface area contributed by atoms with Gasteiger partial charge >= 0.3 is 0 Å². The van der Waals surface area contributed by atoms with Crippen molar-refractivity contribution in [1.82, 2.24) is 14.9 Å². The molecule has 1 aromatic rings. The number of carbonyl (C=O) groups excluding carboxylic acids is 1. The summed E-state index contributed by atoms with van der Waals surface area (Å²) in [5, 5.41) is 1.07. The van der Waals surface area contributed by atoms with E-state index in [4.69, 9.17) is 4.98 Å². The van der Waals surface area contributed by atoms with E-state index in [2.05, 4.69) is 44.5 Å². The van der Waals surface area contributed by atoms with Crippen LogP contribution in [0.1, 0.15) is 155 Å². The molecular formula is C29H53N3OS. The van der Waals surface area contributed by atoms with E-state index in [0.717, 1.165) is 23.9 Å². The second-order valence-corrected chi connectivity index (χ2v) is 12.3. The fraction of sp³-hybridized carbons (Fsp3) is 0.862. The summed E-state index contributed by atoms with van der Waals surface area (Å²) in [7, 11) is 0. The van der Waals surface area contributed by atoms with Crippen LogP contribution in [0.15, 0.2) is 5.16 Å². The van der Waals surface area contributed by atoms with Crippen molar-refractivity contribution in [3.05, 3.63) is 11.4 Å². The molecule has 1 N–H and O–H groups in total. The molecule has 1 aliphatic carbocycles. The number of unbranched alkanes of at least 4 members (excludes halogenated alkanes) is 6. The van der Waals surface area contributed by atoms with Crippen molar-refractivity contribution in [2.45, 2.75) is 154 Å². The van der Waals surface area contributed by atoms with Crippen LogP contribution in [-0.2, 0) is 4.79 Å². The summed E-state index contributed by atoms with van der Waals surface area (Å²) in [5.41, 5.74) is 2.66. The Kier molecular flexibility index (Phi) is 13.1. The molecule has 0 radical (unpaired) electrons. The van der Waals surface area contributed by atoms with Crippen molar-refractivity contribution in [2.24, 2.45) is 0 Å². The molecule has 1 heterocycles. The van der Waals surface area contributed by atoms with Gasteiger partial charge in [-0.1, -0.05) is 104 Å². The highest BCUT2D eigenvalue weighted by Gasteiger charge is 2.38. The Labute approximate surface area is 214 Å².